The predicted molar refractivity (Wildman–Crippen MR) is 112 cm³/mol. The number of nitro groups is 1. The largest absolute Gasteiger partial charge is 0.463 e. The van der Waals surface area contributed by atoms with Gasteiger partial charge in [-0.3, -0.25) is 14.9 Å². The van der Waals surface area contributed by atoms with Gasteiger partial charge >= 0.3 is 0 Å². The van der Waals surface area contributed by atoms with E-state index < -0.39 is 85.4 Å². The minimum atomic E-state index is -1.70. The van der Waals surface area contributed by atoms with Gasteiger partial charge in [-0.2, -0.15) is 0 Å². The second kappa shape index (κ2) is 11.5. The lowest BCUT2D eigenvalue weighted by molar-refractivity contribution is -0.384. The van der Waals surface area contributed by atoms with E-state index in [1.54, 1.807) is 0 Å². The zero-order valence-corrected chi connectivity index (χ0v) is 18.5. The van der Waals surface area contributed by atoms with Gasteiger partial charge in [-0.15, -0.1) is 0 Å². The maximum Gasteiger partial charge on any atom is 0.269 e. The van der Waals surface area contributed by atoms with Crippen LogP contribution in [0.5, 0.6) is 5.75 Å². The van der Waals surface area contributed by atoms with Crippen molar-refractivity contribution in [3.63, 3.8) is 0 Å². The molecule has 1 aromatic rings. The van der Waals surface area contributed by atoms with E-state index >= 15 is 0 Å². The molecule has 7 N–H and O–H groups in total. The Bertz CT molecular complexity index is 869. The minimum absolute atomic E-state index is 0.105. The van der Waals surface area contributed by atoms with E-state index in [1.165, 1.54) is 31.2 Å². The standard InChI is InChI=1S/C20H28N2O13/c1-8(24)21-13-16(27)15(26)12(7-32-20-18(29)17(28)14(25)11(6-23)34-20)35-19(13)33-10-4-2-9(3-5-10)22(30)31/h2-5,11-20,23,25-29H,6-7H2,1H3,(H,21,24)/t11-,12-,13-,14+,15+,16-,17+,18-,19+,20+/m1/s1. The van der Waals surface area contributed by atoms with Gasteiger partial charge in [0.2, 0.25) is 12.2 Å². The van der Waals surface area contributed by atoms with Crippen LogP contribution in [0.2, 0.25) is 0 Å². The molecule has 0 radical (unpaired) electrons. The lowest BCUT2D eigenvalue weighted by Crippen LogP contribution is -2.66. The molecule has 2 fully saturated rings. The third kappa shape index (κ3) is 6.21. The Morgan fingerprint density at radius 1 is 0.971 bits per heavy atom. The Balaban J connectivity index is 1.72. The number of carbonyl (C=O) groups is 1. The van der Waals surface area contributed by atoms with Crippen molar-refractivity contribution in [2.45, 2.75) is 68.3 Å². The first-order valence-electron chi connectivity index (χ1n) is 10.7. The third-order valence-corrected chi connectivity index (χ3v) is 5.64. The van der Waals surface area contributed by atoms with Crippen molar-refractivity contribution in [2.75, 3.05) is 13.2 Å². The first-order valence-corrected chi connectivity index (χ1v) is 10.7. The third-order valence-electron chi connectivity index (χ3n) is 5.64. The highest BCUT2D eigenvalue weighted by molar-refractivity contribution is 5.73. The van der Waals surface area contributed by atoms with Gasteiger partial charge in [0.25, 0.3) is 5.69 Å². The summed E-state index contributed by atoms with van der Waals surface area (Å²) < 4.78 is 22.0. The van der Waals surface area contributed by atoms with Crippen LogP contribution in [0.1, 0.15) is 6.92 Å². The topological polar surface area (TPSA) is 231 Å². The molecule has 10 atom stereocenters. The fourth-order valence-electron chi connectivity index (χ4n) is 3.73. The highest BCUT2D eigenvalue weighted by Crippen LogP contribution is 2.28. The molecule has 3 rings (SSSR count). The normalized spacial score (nSPS) is 37.5. The summed E-state index contributed by atoms with van der Waals surface area (Å²) >= 11 is 0. The fourth-order valence-corrected chi connectivity index (χ4v) is 3.73. The lowest BCUT2D eigenvalue weighted by atomic mass is 9.96. The van der Waals surface area contributed by atoms with Crippen molar-refractivity contribution in [1.82, 2.24) is 5.32 Å². The maximum absolute atomic E-state index is 11.6. The maximum atomic E-state index is 11.6. The predicted octanol–water partition coefficient (Wildman–Crippen LogP) is -3.26. The molecule has 1 amide bonds. The molecule has 0 saturated carbocycles. The van der Waals surface area contributed by atoms with Gasteiger partial charge in [0.1, 0.15) is 54.5 Å². The van der Waals surface area contributed by atoms with Crippen LogP contribution in [0.15, 0.2) is 24.3 Å². The van der Waals surface area contributed by atoms with Crippen LogP contribution in [0.25, 0.3) is 0 Å². The summed E-state index contributed by atoms with van der Waals surface area (Å²) in [6.07, 6.45) is -13.6. The number of aliphatic hydroxyl groups excluding tert-OH is 6. The second-order valence-electron chi connectivity index (χ2n) is 8.15. The lowest BCUT2D eigenvalue weighted by Gasteiger charge is -2.44. The Labute approximate surface area is 198 Å². The summed E-state index contributed by atoms with van der Waals surface area (Å²) in [6, 6.07) is 3.68. The van der Waals surface area contributed by atoms with Crippen LogP contribution in [-0.2, 0) is 19.0 Å². The van der Waals surface area contributed by atoms with E-state index in [0.717, 1.165) is 0 Å². The Morgan fingerprint density at radius 3 is 2.14 bits per heavy atom. The van der Waals surface area contributed by atoms with Gasteiger partial charge in [0.05, 0.1) is 18.1 Å². The summed E-state index contributed by atoms with van der Waals surface area (Å²) in [7, 11) is 0. The number of non-ortho nitro benzene ring substituents is 1. The highest BCUT2D eigenvalue weighted by atomic mass is 16.7. The molecule has 2 aliphatic heterocycles. The SMILES string of the molecule is CC(=O)N[C@H]1[C@@H](Oc2ccc([N+](=O)[O-])cc2)O[C@H](CO[C@H]2O[C@H](CO)[C@H](O)[C@H](O)[C@H]2O)[C@H](O)[C@@H]1O. The molecule has 2 heterocycles. The number of hydrogen-bond donors (Lipinski definition) is 7. The summed E-state index contributed by atoms with van der Waals surface area (Å²) in [4.78, 5) is 21.9. The molecule has 0 bridgehead atoms. The van der Waals surface area contributed by atoms with Crippen molar-refractivity contribution >= 4 is 11.6 Å². The molecule has 2 saturated heterocycles. The van der Waals surface area contributed by atoms with Crippen LogP contribution in [0.3, 0.4) is 0 Å². The Kier molecular flexibility index (Phi) is 8.92. The molecule has 15 heteroatoms. The average molecular weight is 504 g/mol. The molecular weight excluding hydrogens is 476 g/mol. The van der Waals surface area contributed by atoms with E-state index in [4.69, 9.17) is 18.9 Å². The minimum Gasteiger partial charge on any atom is -0.463 e. The summed E-state index contributed by atoms with van der Waals surface area (Å²) in [5, 5.41) is 73.5. The zero-order chi connectivity index (χ0) is 25.9. The van der Waals surface area contributed by atoms with Crippen molar-refractivity contribution in [2.24, 2.45) is 0 Å². The van der Waals surface area contributed by atoms with Gasteiger partial charge in [0, 0.05) is 19.1 Å². The molecule has 1 aromatic carbocycles. The molecule has 2 aliphatic rings. The number of amides is 1. The number of ether oxygens (including phenoxy) is 4. The first kappa shape index (κ1) is 27.1. The average Bonchev–Trinajstić information content (AvgIpc) is 2.82. The summed E-state index contributed by atoms with van der Waals surface area (Å²) in [5.41, 5.74) is -0.193. The number of nitro benzene ring substituents is 1. The highest BCUT2D eigenvalue weighted by Gasteiger charge is 2.48. The molecule has 196 valence electrons. The molecular formula is C20H28N2O13. The number of hydrogen-bond acceptors (Lipinski definition) is 13. The summed E-state index contributed by atoms with van der Waals surface area (Å²) in [5.74, 6) is -0.452. The van der Waals surface area contributed by atoms with Crippen LogP contribution in [-0.4, -0.2) is 116 Å². The second-order valence-corrected chi connectivity index (χ2v) is 8.15. The van der Waals surface area contributed by atoms with Crippen molar-refractivity contribution in [1.29, 1.82) is 0 Å². The smallest absolute Gasteiger partial charge is 0.269 e. The number of benzene rings is 1. The molecule has 35 heavy (non-hydrogen) atoms. The molecule has 0 aliphatic carbocycles. The zero-order valence-electron chi connectivity index (χ0n) is 18.5. The number of nitrogens with zero attached hydrogens (tertiary/aromatic N) is 1. The van der Waals surface area contributed by atoms with E-state index in [1.807, 2.05) is 0 Å². The molecule has 0 aromatic heterocycles. The van der Waals surface area contributed by atoms with Gasteiger partial charge in [-0.1, -0.05) is 0 Å². The summed E-state index contributed by atoms with van der Waals surface area (Å²) in [6.45, 7) is -0.000197. The number of aliphatic hydroxyl groups is 6. The van der Waals surface area contributed by atoms with Gasteiger partial charge in [-0.05, 0) is 12.1 Å². The van der Waals surface area contributed by atoms with E-state index in [9.17, 15) is 45.5 Å². The molecule has 15 nitrogen and oxygen atoms in total. The van der Waals surface area contributed by atoms with Crippen LogP contribution in [0.4, 0.5) is 5.69 Å². The number of rotatable bonds is 8. The fraction of sp³-hybridized carbons (Fsp3) is 0.650. The monoisotopic (exact) mass is 504 g/mol. The molecule has 0 spiro atoms. The van der Waals surface area contributed by atoms with Gasteiger partial charge in [-0.25, -0.2) is 0 Å². The van der Waals surface area contributed by atoms with Crippen molar-refractivity contribution in [3.8, 4) is 5.75 Å². The number of nitrogens with one attached hydrogen (secondary N) is 1. The van der Waals surface area contributed by atoms with Gasteiger partial charge < -0.3 is 54.9 Å². The van der Waals surface area contributed by atoms with Crippen molar-refractivity contribution in [3.05, 3.63) is 34.4 Å². The number of carbonyl (C=O) groups excluding carboxylic acids is 1. The quantitative estimate of drug-likeness (QED) is 0.136. The van der Waals surface area contributed by atoms with Crippen LogP contribution < -0.4 is 10.1 Å². The Hall–Kier alpha value is -2.47. The van der Waals surface area contributed by atoms with Crippen LogP contribution >= 0.6 is 0 Å². The van der Waals surface area contributed by atoms with E-state index in [-0.39, 0.29) is 11.4 Å². The van der Waals surface area contributed by atoms with E-state index in [0.29, 0.717) is 0 Å². The first-order chi connectivity index (χ1) is 16.5. The Morgan fingerprint density at radius 2 is 1.57 bits per heavy atom. The van der Waals surface area contributed by atoms with Crippen LogP contribution in [0, 0.1) is 10.1 Å². The van der Waals surface area contributed by atoms with E-state index in [2.05, 4.69) is 5.32 Å². The molecule has 0 unspecified atom stereocenters. The van der Waals surface area contributed by atoms with Gasteiger partial charge in [0.15, 0.2) is 6.29 Å². The van der Waals surface area contributed by atoms with Crippen molar-refractivity contribution < 1.29 is 59.3 Å².